The highest BCUT2D eigenvalue weighted by atomic mass is 35.5. The molecule has 0 aliphatic rings. The monoisotopic (exact) mass is 210 g/mol. The van der Waals surface area contributed by atoms with Crippen molar-refractivity contribution in [2.75, 3.05) is 0 Å². The van der Waals surface area contributed by atoms with Crippen LogP contribution < -0.4 is 0 Å². The van der Waals surface area contributed by atoms with E-state index in [0.717, 1.165) is 5.56 Å². The smallest absolute Gasteiger partial charge is 0.189 e. The van der Waals surface area contributed by atoms with Gasteiger partial charge in [0.2, 0.25) is 0 Å². The van der Waals surface area contributed by atoms with Gasteiger partial charge in [0.1, 0.15) is 5.69 Å². The molecule has 2 aromatic heterocycles. The van der Waals surface area contributed by atoms with Gasteiger partial charge >= 0.3 is 0 Å². The van der Waals surface area contributed by atoms with Gasteiger partial charge in [-0.05, 0) is 12.1 Å². The minimum Gasteiger partial charge on any atom is -0.371 e. The van der Waals surface area contributed by atoms with Crippen LogP contribution in [0.3, 0.4) is 0 Å². The fourth-order valence-electron chi connectivity index (χ4n) is 1.05. The van der Waals surface area contributed by atoms with Crippen LogP contribution in [0.1, 0.15) is 11.3 Å². The summed E-state index contributed by atoms with van der Waals surface area (Å²) in [5.41, 5.74) is 0.264. The fraction of sp³-hybridized carbons (Fsp3) is 0.111. The van der Waals surface area contributed by atoms with Crippen LogP contribution in [0.4, 0.5) is 0 Å². The van der Waals surface area contributed by atoms with Crippen molar-refractivity contribution in [1.82, 2.24) is 10.1 Å². The summed E-state index contributed by atoms with van der Waals surface area (Å²) < 4.78 is 4.82. The second-order valence-corrected chi connectivity index (χ2v) is 3.11. The highest BCUT2D eigenvalue weighted by Gasteiger charge is 2.11. The molecule has 0 aromatic carbocycles. The fourth-order valence-corrected chi connectivity index (χ4v) is 1.15. The topological polar surface area (TPSA) is 59.2 Å². The first-order chi connectivity index (χ1) is 6.77. The van der Waals surface area contributed by atoms with Crippen LogP contribution in [-0.2, 0) is 0 Å². The normalized spacial score (nSPS) is 12.7. The molecule has 14 heavy (non-hydrogen) atoms. The van der Waals surface area contributed by atoms with Crippen molar-refractivity contribution in [2.45, 2.75) is 5.56 Å². The Bertz CT molecular complexity index is 414. The molecule has 5 heteroatoms. The minimum atomic E-state index is -1.16. The Balaban J connectivity index is 2.34. The van der Waals surface area contributed by atoms with Crippen LogP contribution >= 0.6 is 11.6 Å². The Morgan fingerprint density at radius 3 is 2.93 bits per heavy atom. The number of hydrogen-bond donors (Lipinski definition) is 1. The van der Waals surface area contributed by atoms with E-state index < -0.39 is 5.56 Å². The SMILES string of the molecule is OC(Cl)c1cc(-c2cccnc2)no1. The molecular weight excluding hydrogens is 204 g/mol. The summed E-state index contributed by atoms with van der Waals surface area (Å²) in [6, 6.07) is 5.21. The van der Waals surface area contributed by atoms with E-state index in [1.807, 2.05) is 6.07 Å². The lowest BCUT2D eigenvalue weighted by Crippen LogP contribution is -1.81. The third-order valence-corrected chi connectivity index (χ3v) is 1.94. The molecule has 1 unspecified atom stereocenters. The number of halogens is 1. The lowest BCUT2D eigenvalue weighted by Gasteiger charge is -1.91. The average Bonchev–Trinajstić information content (AvgIpc) is 2.68. The van der Waals surface area contributed by atoms with Crippen LogP contribution in [0.2, 0.25) is 0 Å². The summed E-state index contributed by atoms with van der Waals surface area (Å²) in [4.78, 5) is 3.94. The molecule has 4 nitrogen and oxygen atoms in total. The van der Waals surface area contributed by atoms with Crippen LogP contribution in [0.5, 0.6) is 0 Å². The number of rotatable bonds is 2. The molecule has 0 spiro atoms. The standard InChI is InChI=1S/C9H7ClN2O2/c10-9(13)8-4-7(12-14-8)6-2-1-3-11-5-6/h1-5,9,13H. The van der Waals surface area contributed by atoms with Gasteiger partial charge in [-0.25, -0.2) is 0 Å². The van der Waals surface area contributed by atoms with Crippen LogP contribution in [0.25, 0.3) is 11.3 Å². The Morgan fingerprint density at radius 2 is 2.36 bits per heavy atom. The minimum absolute atomic E-state index is 0.227. The number of alkyl halides is 1. The van der Waals surface area contributed by atoms with Crippen molar-refractivity contribution < 1.29 is 9.63 Å². The zero-order valence-electron chi connectivity index (χ0n) is 7.09. The molecule has 2 aromatic rings. The van der Waals surface area contributed by atoms with Gasteiger partial charge in [0.05, 0.1) is 0 Å². The van der Waals surface area contributed by atoms with Gasteiger partial charge in [-0.1, -0.05) is 16.8 Å². The molecule has 0 aliphatic carbocycles. The van der Waals surface area contributed by atoms with Crippen molar-refractivity contribution in [3.8, 4) is 11.3 Å². The molecule has 0 fully saturated rings. The second-order valence-electron chi connectivity index (χ2n) is 2.69. The van der Waals surface area contributed by atoms with E-state index in [9.17, 15) is 0 Å². The first-order valence-electron chi connectivity index (χ1n) is 3.96. The first-order valence-corrected chi connectivity index (χ1v) is 4.40. The van der Waals surface area contributed by atoms with E-state index in [1.165, 1.54) is 0 Å². The number of aliphatic hydroxyl groups is 1. The van der Waals surface area contributed by atoms with Gasteiger partial charge < -0.3 is 9.63 Å². The summed E-state index contributed by atoms with van der Waals surface area (Å²) in [5, 5.41) is 12.7. The van der Waals surface area contributed by atoms with Gasteiger partial charge in [-0.2, -0.15) is 0 Å². The van der Waals surface area contributed by atoms with Crippen LogP contribution in [0.15, 0.2) is 35.1 Å². The number of pyridine rings is 1. The average molecular weight is 211 g/mol. The lowest BCUT2D eigenvalue weighted by atomic mass is 10.2. The van der Waals surface area contributed by atoms with Gasteiger partial charge in [-0.15, -0.1) is 0 Å². The van der Waals surface area contributed by atoms with Gasteiger partial charge in [-0.3, -0.25) is 4.98 Å². The molecule has 0 aliphatic heterocycles. The molecule has 1 N–H and O–H groups in total. The molecular formula is C9H7ClN2O2. The largest absolute Gasteiger partial charge is 0.371 e. The molecule has 1 atom stereocenters. The number of aromatic nitrogens is 2. The summed E-state index contributed by atoms with van der Waals surface area (Å²) in [5.74, 6) is 0.227. The van der Waals surface area contributed by atoms with Crippen molar-refractivity contribution in [3.63, 3.8) is 0 Å². The summed E-state index contributed by atoms with van der Waals surface area (Å²) in [7, 11) is 0. The van der Waals surface area contributed by atoms with E-state index in [2.05, 4.69) is 10.1 Å². The summed E-state index contributed by atoms with van der Waals surface area (Å²) in [6.45, 7) is 0. The molecule has 0 bridgehead atoms. The lowest BCUT2D eigenvalue weighted by molar-refractivity contribution is 0.213. The predicted octanol–water partition coefficient (Wildman–Crippen LogP) is 1.97. The Hall–Kier alpha value is -1.39. The Labute approximate surface area is 85.1 Å². The number of aliphatic hydroxyl groups excluding tert-OH is 1. The van der Waals surface area contributed by atoms with Gasteiger partial charge in [0.15, 0.2) is 11.3 Å². The van der Waals surface area contributed by atoms with Gasteiger partial charge in [0, 0.05) is 24.0 Å². The second kappa shape index (κ2) is 3.77. The van der Waals surface area contributed by atoms with E-state index in [-0.39, 0.29) is 5.76 Å². The van der Waals surface area contributed by atoms with Crippen molar-refractivity contribution in [2.24, 2.45) is 0 Å². The van der Waals surface area contributed by atoms with E-state index >= 15 is 0 Å². The van der Waals surface area contributed by atoms with E-state index in [0.29, 0.717) is 5.69 Å². The molecule has 2 heterocycles. The quantitative estimate of drug-likeness (QED) is 0.770. The molecule has 0 saturated heterocycles. The maximum absolute atomic E-state index is 9.00. The zero-order valence-corrected chi connectivity index (χ0v) is 7.85. The Morgan fingerprint density at radius 1 is 1.50 bits per heavy atom. The van der Waals surface area contributed by atoms with Crippen molar-refractivity contribution >= 4 is 11.6 Å². The first kappa shape index (κ1) is 9.18. The van der Waals surface area contributed by atoms with E-state index in [1.54, 1.807) is 24.5 Å². The molecule has 0 radical (unpaired) electrons. The van der Waals surface area contributed by atoms with Crippen molar-refractivity contribution in [3.05, 3.63) is 36.4 Å². The van der Waals surface area contributed by atoms with Crippen LogP contribution in [-0.4, -0.2) is 15.2 Å². The molecule has 0 amide bonds. The predicted molar refractivity (Wildman–Crippen MR) is 50.5 cm³/mol. The number of nitrogens with zero attached hydrogens (tertiary/aromatic N) is 2. The van der Waals surface area contributed by atoms with E-state index in [4.69, 9.17) is 21.2 Å². The van der Waals surface area contributed by atoms with Crippen LogP contribution in [0, 0.1) is 0 Å². The Kier molecular flexibility index (Phi) is 2.47. The molecule has 0 saturated carbocycles. The third-order valence-electron chi connectivity index (χ3n) is 1.72. The third kappa shape index (κ3) is 1.76. The maximum atomic E-state index is 9.00. The van der Waals surface area contributed by atoms with Gasteiger partial charge in [0.25, 0.3) is 0 Å². The highest BCUT2D eigenvalue weighted by molar-refractivity contribution is 6.19. The highest BCUT2D eigenvalue weighted by Crippen LogP contribution is 2.23. The number of hydrogen-bond acceptors (Lipinski definition) is 4. The molecule has 72 valence electrons. The molecule has 2 rings (SSSR count). The zero-order chi connectivity index (χ0) is 9.97. The summed E-state index contributed by atoms with van der Waals surface area (Å²) in [6.07, 6.45) is 3.32. The summed E-state index contributed by atoms with van der Waals surface area (Å²) >= 11 is 5.41. The van der Waals surface area contributed by atoms with Crippen molar-refractivity contribution in [1.29, 1.82) is 0 Å². The maximum Gasteiger partial charge on any atom is 0.189 e.